The number of aromatic nitrogens is 3. The number of nitriles is 1. The molecule has 188 valence electrons. The molecule has 0 atom stereocenters. The highest BCUT2D eigenvalue weighted by atomic mass is 19.4. The highest BCUT2D eigenvalue weighted by molar-refractivity contribution is 6.14. The average Bonchev–Trinajstić information content (AvgIpc) is 3.13. The van der Waals surface area contributed by atoms with E-state index >= 15 is 0 Å². The number of rotatable bonds is 5. The molecule has 2 heterocycles. The van der Waals surface area contributed by atoms with Gasteiger partial charge in [-0.15, -0.1) is 0 Å². The van der Waals surface area contributed by atoms with Crippen LogP contribution in [0.25, 0.3) is 10.9 Å². The Hall–Kier alpha value is -4.86. The molecular formula is C24H15F5N6O2. The highest BCUT2D eigenvalue weighted by Gasteiger charge is 2.39. The molecule has 0 radical (unpaired) electrons. The third-order valence-electron chi connectivity index (χ3n) is 5.49. The Bertz CT molecular complexity index is 1620. The van der Waals surface area contributed by atoms with Gasteiger partial charge in [-0.1, -0.05) is 0 Å². The van der Waals surface area contributed by atoms with Crippen LogP contribution >= 0.6 is 0 Å². The molecule has 0 aliphatic rings. The summed E-state index contributed by atoms with van der Waals surface area (Å²) in [6.07, 6.45) is -5.00. The van der Waals surface area contributed by atoms with E-state index in [0.29, 0.717) is 0 Å². The summed E-state index contributed by atoms with van der Waals surface area (Å²) in [4.78, 5) is 28.7. The topological polar surface area (TPSA) is 127 Å². The number of nitrogens with two attached hydrogens (primary N) is 1. The summed E-state index contributed by atoms with van der Waals surface area (Å²) in [5.74, 6) is -3.53. The summed E-state index contributed by atoms with van der Waals surface area (Å²) >= 11 is 0. The Morgan fingerprint density at radius 2 is 1.78 bits per heavy atom. The van der Waals surface area contributed by atoms with Gasteiger partial charge in [0, 0.05) is 11.5 Å². The lowest BCUT2D eigenvalue weighted by Gasteiger charge is -2.12. The first-order chi connectivity index (χ1) is 17.4. The quantitative estimate of drug-likeness (QED) is 0.384. The third-order valence-corrected chi connectivity index (χ3v) is 5.49. The predicted octanol–water partition coefficient (Wildman–Crippen LogP) is 4.31. The van der Waals surface area contributed by atoms with Crippen molar-refractivity contribution in [3.8, 4) is 6.07 Å². The Balaban J connectivity index is 1.81. The Kier molecular flexibility index (Phi) is 6.35. The second-order valence-corrected chi connectivity index (χ2v) is 7.91. The van der Waals surface area contributed by atoms with E-state index in [4.69, 9.17) is 5.73 Å². The summed E-state index contributed by atoms with van der Waals surface area (Å²) in [5, 5.41) is 15.0. The van der Waals surface area contributed by atoms with Gasteiger partial charge in [-0.3, -0.25) is 14.3 Å². The van der Waals surface area contributed by atoms with Crippen molar-refractivity contribution in [3.63, 3.8) is 0 Å². The summed E-state index contributed by atoms with van der Waals surface area (Å²) in [6, 6.07) is 9.18. The number of nitrogens with zero attached hydrogens (tertiary/aromatic N) is 4. The van der Waals surface area contributed by atoms with E-state index in [2.05, 4.69) is 15.4 Å². The van der Waals surface area contributed by atoms with Gasteiger partial charge in [0.05, 0.1) is 40.6 Å². The zero-order valence-electron chi connectivity index (χ0n) is 18.8. The van der Waals surface area contributed by atoms with Crippen LogP contribution in [0.4, 0.5) is 27.6 Å². The van der Waals surface area contributed by atoms with Gasteiger partial charge in [-0.2, -0.15) is 23.5 Å². The number of carbonyl (C=O) groups is 2. The smallest absolute Gasteiger partial charge is 0.364 e. The van der Waals surface area contributed by atoms with Crippen molar-refractivity contribution in [1.82, 2.24) is 14.8 Å². The normalized spacial score (nSPS) is 11.4. The summed E-state index contributed by atoms with van der Waals surface area (Å²) in [7, 11) is 0. The molecule has 37 heavy (non-hydrogen) atoms. The fourth-order valence-electron chi connectivity index (χ4n) is 3.71. The molecule has 0 unspecified atom stereocenters. The maximum absolute atomic E-state index is 13.9. The van der Waals surface area contributed by atoms with E-state index in [-0.39, 0.29) is 33.3 Å². The molecule has 0 saturated carbocycles. The molecule has 0 spiro atoms. The van der Waals surface area contributed by atoms with Gasteiger partial charge in [0.2, 0.25) is 0 Å². The van der Waals surface area contributed by atoms with Crippen molar-refractivity contribution >= 4 is 28.4 Å². The number of alkyl halides is 3. The third kappa shape index (κ3) is 4.94. The van der Waals surface area contributed by atoms with E-state index < -0.39 is 53.2 Å². The molecular weight excluding hydrogens is 499 g/mol. The van der Waals surface area contributed by atoms with E-state index in [1.807, 2.05) is 6.07 Å². The number of hydrogen-bond acceptors (Lipinski definition) is 5. The average molecular weight is 514 g/mol. The Labute approximate surface area is 205 Å². The number of fused-ring (bicyclic) bond motifs is 1. The second-order valence-electron chi connectivity index (χ2n) is 7.91. The van der Waals surface area contributed by atoms with E-state index in [1.165, 1.54) is 19.1 Å². The molecule has 0 bridgehead atoms. The number of halogens is 5. The Morgan fingerprint density at radius 3 is 2.43 bits per heavy atom. The minimum absolute atomic E-state index is 0.0323. The largest absolute Gasteiger partial charge is 0.437 e. The van der Waals surface area contributed by atoms with Crippen LogP contribution in [0.3, 0.4) is 0 Å². The number of pyridine rings is 1. The van der Waals surface area contributed by atoms with Gasteiger partial charge in [0.15, 0.2) is 5.69 Å². The molecule has 0 fully saturated rings. The first-order valence-corrected chi connectivity index (χ1v) is 10.4. The van der Waals surface area contributed by atoms with Crippen LogP contribution < -0.4 is 11.1 Å². The van der Waals surface area contributed by atoms with Crippen molar-refractivity contribution in [1.29, 1.82) is 5.26 Å². The number of amides is 2. The van der Waals surface area contributed by atoms with Crippen molar-refractivity contribution in [2.75, 3.05) is 5.32 Å². The number of nitrogens with one attached hydrogen (secondary N) is 1. The number of benzene rings is 2. The van der Waals surface area contributed by atoms with Gasteiger partial charge < -0.3 is 11.1 Å². The van der Waals surface area contributed by atoms with E-state index in [9.17, 15) is 36.8 Å². The van der Waals surface area contributed by atoms with Crippen LogP contribution in [-0.4, -0.2) is 26.6 Å². The first-order valence-electron chi connectivity index (χ1n) is 10.4. The van der Waals surface area contributed by atoms with Crippen LogP contribution in [0.5, 0.6) is 0 Å². The van der Waals surface area contributed by atoms with Crippen molar-refractivity contribution in [2.45, 2.75) is 19.6 Å². The van der Waals surface area contributed by atoms with Crippen LogP contribution in [0.1, 0.15) is 43.4 Å². The van der Waals surface area contributed by atoms with Crippen LogP contribution in [0.15, 0.2) is 42.5 Å². The molecule has 8 nitrogen and oxygen atoms in total. The standard InChI is InChI=1S/C24H15F5N6O2/c1-11-20(21(24(27,28)29)34-35(11)10-13-6-14(25)3-2-12(13)9-30)33-23(37)17-8-19(22(31)36)32-18-7-15(26)4-5-16(17)18/h2-8H,10H2,1H3,(H2,31,36)(H,33,37). The zero-order chi connectivity index (χ0) is 27.1. The Morgan fingerprint density at radius 1 is 1.11 bits per heavy atom. The highest BCUT2D eigenvalue weighted by Crippen LogP contribution is 2.36. The molecule has 3 N–H and O–H groups in total. The van der Waals surface area contributed by atoms with Crippen molar-refractivity contribution in [3.05, 3.63) is 87.9 Å². The number of anilines is 1. The molecule has 2 amide bonds. The first kappa shape index (κ1) is 25.2. The zero-order valence-corrected chi connectivity index (χ0v) is 18.8. The van der Waals surface area contributed by atoms with E-state index in [0.717, 1.165) is 35.0 Å². The summed E-state index contributed by atoms with van der Waals surface area (Å²) < 4.78 is 69.9. The molecule has 4 aromatic rings. The van der Waals surface area contributed by atoms with Crippen molar-refractivity contribution < 1.29 is 31.5 Å². The molecule has 0 aliphatic carbocycles. The number of hydrogen-bond donors (Lipinski definition) is 2. The van der Waals surface area contributed by atoms with Crippen LogP contribution in [0, 0.1) is 29.9 Å². The maximum Gasteiger partial charge on any atom is 0.437 e. The van der Waals surface area contributed by atoms with Gasteiger partial charge in [0.1, 0.15) is 17.3 Å². The minimum Gasteiger partial charge on any atom is -0.364 e. The second kappa shape index (κ2) is 9.30. The van der Waals surface area contributed by atoms with Gasteiger partial charge in [-0.05, 0) is 48.9 Å². The lowest BCUT2D eigenvalue weighted by molar-refractivity contribution is -0.140. The lowest BCUT2D eigenvalue weighted by Crippen LogP contribution is -2.19. The molecule has 4 rings (SSSR count). The summed E-state index contributed by atoms with van der Waals surface area (Å²) in [5.41, 5.74) is 2.28. The SMILES string of the molecule is Cc1c(NC(=O)c2cc(C(N)=O)nc3cc(F)ccc23)c(C(F)(F)F)nn1Cc1cc(F)ccc1C#N. The van der Waals surface area contributed by atoms with Crippen LogP contribution in [0.2, 0.25) is 0 Å². The molecule has 0 saturated heterocycles. The summed E-state index contributed by atoms with van der Waals surface area (Å²) in [6.45, 7) is 0.854. The van der Waals surface area contributed by atoms with E-state index in [1.54, 1.807) is 0 Å². The monoisotopic (exact) mass is 514 g/mol. The number of carbonyl (C=O) groups excluding carboxylic acids is 2. The molecule has 2 aromatic carbocycles. The fraction of sp³-hybridized carbons (Fsp3) is 0.125. The molecule has 2 aromatic heterocycles. The maximum atomic E-state index is 13.9. The number of primary amides is 1. The fourth-order valence-corrected chi connectivity index (χ4v) is 3.71. The molecule has 13 heteroatoms. The van der Waals surface area contributed by atoms with Gasteiger partial charge in [0.25, 0.3) is 11.8 Å². The van der Waals surface area contributed by atoms with Crippen molar-refractivity contribution in [2.24, 2.45) is 5.73 Å². The lowest BCUT2D eigenvalue weighted by atomic mass is 10.1. The van der Waals surface area contributed by atoms with Gasteiger partial charge in [-0.25, -0.2) is 13.8 Å². The minimum atomic E-state index is -5.00. The van der Waals surface area contributed by atoms with Crippen LogP contribution in [-0.2, 0) is 12.7 Å². The van der Waals surface area contributed by atoms with Gasteiger partial charge >= 0.3 is 6.18 Å². The predicted molar refractivity (Wildman–Crippen MR) is 120 cm³/mol. The molecule has 0 aliphatic heterocycles.